The Balaban J connectivity index is 1.69. The van der Waals surface area contributed by atoms with E-state index >= 15 is 0 Å². The van der Waals surface area contributed by atoms with Crippen LogP contribution in [0.3, 0.4) is 0 Å². The lowest BCUT2D eigenvalue weighted by Crippen LogP contribution is -2.42. The first-order chi connectivity index (χ1) is 9.74. The molecule has 0 spiro atoms. The molecule has 1 aliphatic heterocycles. The molecule has 1 unspecified atom stereocenters. The lowest BCUT2D eigenvalue weighted by atomic mass is 10.2. The fourth-order valence-electron chi connectivity index (χ4n) is 2.47. The monoisotopic (exact) mass is 278 g/mol. The van der Waals surface area contributed by atoms with Crippen molar-refractivity contribution in [3.8, 4) is 0 Å². The summed E-state index contributed by atoms with van der Waals surface area (Å²) < 4.78 is 12.0. The van der Waals surface area contributed by atoms with Gasteiger partial charge in [0.05, 0.1) is 31.2 Å². The summed E-state index contributed by atoms with van der Waals surface area (Å²) in [7, 11) is 0. The van der Waals surface area contributed by atoms with Gasteiger partial charge < -0.3 is 14.4 Å². The van der Waals surface area contributed by atoms with E-state index in [0.717, 1.165) is 13.1 Å². The molecule has 0 aliphatic carbocycles. The molecule has 0 radical (unpaired) electrons. The summed E-state index contributed by atoms with van der Waals surface area (Å²) in [5, 5.41) is 10.6. The number of ether oxygens (including phenoxy) is 1. The van der Waals surface area contributed by atoms with Gasteiger partial charge in [-0.25, -0.2) is 0 Å². The normalized spacial score (nSPS) is 18.4. The highest BCUT2D eigenvalue weighted by Gasteiger charge is 2.17. The SMILES string of the molecule is O=c1c2ccccc2on1CC(O)CN1CCOCC1. The number of morpholine rings is 1. The van der Waals surface area contributed by atoms with Gasteiger partial charge >= 0.3 is 0 Å². The summed E-state index contributed by atoms with van der Waals surface area (Å²) >= 11 is 0. The van der Waals surface area contributed by atoms with Crippen molar-refractivity contribution in [3.63, 3.8) is 0 Å². The van der Waals surface area contributed by atoms with Crippen LogP contribution in [0, 0.1) is 0 Å². The third-order valence-corrected chi connectivity index (χ3v) is 3.50. The van der Waals surface area contributed by atoms with Crippen LogP contribution in [0.25, 0.3) is 11.0 Å². The lowest BCUT2D eigenvalue weighted by Gasteiger charge is -2.28. The van der Waals surface area contributed by atoms with Crippen LogP contribution in [-0.2, 0) is 11.3 Å². The van der Waals surface area contributed by atoms with Crippen LogP contribution in [0.15, 0.2) is 33.6 Å². The Labute approximate surface area is 116 Å². The highest BCUT2D eigenvalue weighted by Crippen LogP contribution is 2.10. The maximum atomic E-state index is 12.1. The molecule has 3 rings (SSSR count). The van der Waals surface area contributed by atoms with Gasteiger partial charge in [0.25, 0.3) is 5.56 Å². The summed E-state index contributed by atoms with van der Waals surface area (Å²) in [4.78, 5) is 14.2. The van der Waals surface area contributed by atoms with Gasteiger partial charge in [-0.2, -0.15) is 4.74 Å². The Kier molecular flexibility index (Phi) is 3.86. The molecular weight excluding hydrogens is 260 g/mol. The number of para-hydroxylation sites is 1. The second-order valence-electron chi connectivity index (χ2n) is 5.02. The van der Waals surface area contributed by atoms with E-state index in [1.54, 1.807) is 18.2 Å². The average Bonchev–Trinajstić information content (AvgIpc) is 2.77. The smallest absolute Gasteiger partial charge is 0.290 e. The molecular formula is C14H18N2O4. The Morgan fingerprint density at radius 3 is 2.70 bits per heavy atom. The van der Waals surface area contributed by atoms with Crippen LogP contribution < -0.4 is 5.56 Å². The van der Waals surface area contributed by atoms with Crippen LogP contribution >= 0.6 is 0 Å². The molecule has 1 aromatic heterocycles. The number of aromatic nitrogens is 1. The summed E-state index contributed by atoms with van der Waals surface area (Å²) in [6.45, 7) is 3.70. The molecule has 2 aromatic rings. The van der Waals surface area contributed by atoms with E-state index in [9.17, 15) is 9.90 Å². The van der Waals surface area contributed by atoms with Crippen LogP contribution in [0.4, 0.5) is 0 Å². The highest BCUT2D eigenvalue weighted by molar-refractivity contribution is 5.75. The van der Waals surface area contributed by atoms with E-state index in [1.807, 2.05) is 6.07 Å². The summed E-state index contributed by atoms with van der Waals surface area (Å²) in [6.07, 6.45) is -0.633. The van der Waals surface area contributed by atoms with Gasteiger partial charge in [-0.3, -0.25) is 9.69 Å². The zero-order chi connectivity index (χ0) is 13.9. The van der Waals surface area contributed by atoms with Crippen molar-refractivity contribution >= 4 is 11.0 Å². The van der Waals surface area contributed by atoms with Crippen molar-refractivity contribution in [1.82, 2.24) is 9.64 Å². The van der Waals surface area contributed by atoms with Crippen LogP contribution in [0.5, 0.6) is 0 Å². The van der Waals surface area contributed by atoms with E-state index in [1.165, 1.54) is 4.74 Å². The number of hydrogen-bond acceptors (Lipinski definition) is 5. The summed E-state index contributed by atoms with van der Waals surface area (Å²) in [6, 6.07) is 7.10. The first-order valence-electron chi connectivity index (χ1n) is 6.81. The second-order valence-corrected chi connectivity index (χ2v) is 5.02. The number of nitrogens with zero attached hydrogens (tertiary/aromatic N) is 2. The molecule has 6 nitrogen and oxygen atoms in total. The summed E-state index contributed by atoms with van der Waals surface area (Å²) in [5.74, 6) is 0. The van der Waals surface area contributed by atoms with Gasteiger partial charge in [0.2, 0.25) is 0 Å². The van der Waals surface area contributed by atoms with Crippen molar-refractivity contribution in [2.75, 3.05) is 32.8 Å². The Morgan fingerprint density at radius 1 is 1.20 bits per heavy atom. The van der Waals surface area contributed by atoms with Crippen LogP contribution in [0.1, 0.15) is 0 Å². The number of hydrogen-bond donors (Lipinski definition) is 1. The van der Waals surface area contributed by atoms with Crippen molar-refractivity contribution in [3.05, 3.63) is 34.6 Å². The zero-order valence-corrected chi connectivity index (χ0v) is 11.2. The first kappa shape index (κ1) is 13.4. The quantitative estimate of drug-likeness (QED) is 0.870. The van der Waals surface area contributed by atoms with Gasteiger partial charge in [-0.05, 0) is 12.1 Å². The fourth-order valence-corrected chi connectivity index (χ4v) is 2.47. The average molecular weight is 278 g/mol. The predicted octanol–water partition coefficient (Wildman–Crippen LogP) is 0.288. The molecule has 2 heterocycles. The Bertz CT molecular complexity index is 627. The van der Waals surface area contributed by atoms with E-state index in [2.05, 4.69) is 4.90 Å². The minimum Gasteiger partial charge on any atom is -0.390 e. The van der Waals surface area contributed by atoms with Crippen molar-refractivity contribution in [1.29, 1.82) is 0 Å². The third kappa shape index (κ3) is 2.77. The molecule has 1 aromatic carbocycles. The van der Waals surface area contributed by atoms with Gasteiger partial charge in [-0.1, -0.05) is 12.1 Å². The largest absolute Gasteiger partial charge is 0.390 e. The van der Waals surface area contributed by atoms with Crippen molar-refractivity contribution in [2.24, 2.45) is 0 Å². The zero-order valence-electron chi connectivity index (χ0n) is 11.2. The highest BCUT2D eigenvalue weighted by atomic mass is 16.5. The molecule has 1 saturated heterocycles. The van der Waals surface area contributed by atoms with Crippen LogP contribution in [0.2, 0.25) is 0 Å². The van der Waals surface area contributed by atoms with Crippen molar-refractivity contribution < 1.29 is 14.4 Å². The second kappa shape index (κ2) is 5.78. The first-order valence-corrected chi connectivity index (χ1v) is 6.81. The Hall–Kier alpha value is -1.63. The molecule has 20 heavy (non-hydrogen) atoms. The molecule has 0 saturated carbocycles. The standard InChI is InChI=1S/C14H18N2O4/c17-11(9-15-5-7-19-8-6-15)10-16-14(18)12-3-1-2-4-13(12)20-16/h1-4,11,17H,5-10H2. The number of aliphatic hydroxyl groups excluding tert-OH is 1. The lowest BCUT2D eigenvalue weighted by molar-refractivity contribution is 0.00643. The number of benzene rings is 1. The van der Waals surface area contributed by atoms with Gasteiger partial charge in [0.1, 0.15) is 0 Å². The maximum absolute atomic E-state index is 12.1. The van der Waals surface area contributed by atoms with Crippen LogP contribution in [-0.4, -0.2) is 53.7 Å². The molecule has 1 fully saturated rings. The van der Waals surface area contributed by atoms with E-state index < -0.39 is 6.10 Å². The van der Waals surface area contributed by atoms with E-state index in [0.29, 0.717) is 30.7 Å². The molecule has 0 amide bonds. The predicted molar refractivity (Wildman–Crippen MR) is 73.7 cm³/mol. The number of fused-ring (bicyclic) bond motifs is 1. The van der Waals surface area contributed by atoms with E-state index in [-0.39, 0.29) is 12.1 Å². The fraction of sp³-hybridized carbons (Fsp3) is 0.500. The maximum Gasteiger partial charge on any atom is 0.290 e. The number of aliphatic hydroxyl groups is 1. The van der Waals surface area contributed by atoms with Gasteiger partial charge in [0, 0.05) is 19.6 Å². The van der Waals surface area contributed by atoms with Crippen molar-refractivity contribution in [2.45, 2.75) is 12.6 Å². The molecule has 108 valence electrons. The molecule has 0 bridgehead atoms. The van der Waals surface area contributed by atoms with E-state index in [4.69, 9.17) is 9.26 Å². The topological polar surface area (TPSA) is 67.8 Å². The molecule has 1 aliphatic rings. The van der Waals surface area contributed by atoms with Gasteiger partial charge in [-0.15, -0.1) is 0 Å². The van der Waals surface area contributed by atoms with Gasteiger partial charge in [0.15, 0.2) is 5.58 Å². The molecule has 1 atom stereocenters. The number of β-amino-alcohol motifs (C(OH)–C–C–N with tert-alkyl or cyclic N) is 1. The molecule has 6 heteroatoms. The minimum atomic E-state index is -0.633. The minimum absolute atomic E-state index is 0.171. The number of rotatable bonds is 4. The Morgan fingerprint density at radius 2 is 1.95 bits per heavy atom. The third-order valence-electron chi connectivity index (χ3n) is 3.50. The molecule has 1 N–H and O–H groups in total. The summed E-state index contributed by atoms with van der Waals surface area (Å²) in [5.41, 5.74) is 0.359.